The maximum absolute atomic E-state index is 5.99. The molecule has 88 valence electrons. The molecule has 0 spiro atoms. The van der Waals surface area contributed by atoms with Crippen molar-refractivity contribution in [1.29, 1.82) is 0 Å². The molecule has 2 aromatic rings. The Labute approximate surface area is 109 Å². The highest BCUT2D eigenvalue weighted by Crippen LogP contribution is 2.33. The van der Waals surface area contributed by atoms with E-state index in [1.807, 2.05) is 13.0 Å². The fraction of sp³-hybridized carbons (Fsp3) is 0.0833. The summed E-state index contributed by atoms with van der Waals surface area (Å²) in [5.41, 5.74) is 7.26. The second-order valence-corrected chi connectivity index (χ2v) is 4.37. The van der Waals surface area contributed by atoms with Gasteiger partial charge in [0, 0.05) is 11.2 Å². The van der Waals surface area contributed by atoms with Crippen LogP contribution in [-0.2, 0) is 0 Å². The molecule has 2 rings (SSSR count). The van der Waals surface area contributed by atoms with Crippen molar-refractivity contribution in [3.8, 4) is 11.6 Å². The van der Waals surface area contributed by atoms with Crippen LogP contribution in [0.3, 0.4) is 0 Å². The number of hydrogen-bond acceptors (Lipinski definition) is 3. The van der Waals surface area contributed by atoms with E-state index < -0.39 is 0 Å². The van der Waals surface area contributed by atoms with Crippen LogP contribution < -0.4 is 10.5 Å². The maximum atomic E-state index is 5.99. The standard InChI is InChI=1S/C12H10Cl2N2O/c1-7-4-5-16-12(11(7)15)17-10-3-2-8(13)6-9(10)14/h2-6H,15H2,1H3. The number of aromatic nitrogens is 1. The number of benzene rings is 1. The first-order valence-corrected chi connectivity index (χ1v) is 5.67. The van der Waals surface area contributed by atoms with Crippen molar-refractivity contribution in [3.05, 3.63) is 46.1 Å². The van der Waals surface area contributed by atoms with E-state index in [1.165, 1.54) is 0 Å². The number of halogens is 2. The predicted molar refractivity (Wildman–Crippen MR) is 69.9 cm³/mol. The van der Waals surface area contributed by atoms with Gasteiger partial charge >= 0.3 is 0 Å². The van der Waals surface area contributed by atoms with Crippen LogP contribution in [0.5, 0.6) is 11.6 Å². The third kappa shape index (κ3) is 2.62. The third-order valence-corrected chi connectivity index (χ3v) is 2.80. The lowest BCUT2D eigenvalue weighted by Crippen LogP contribution is -1.97. The number of nitrogen functional groups attached to an aromatic ring is 1. The maximum Gasteiger partial charge on any atom is 0.242 e. The van der Waals surface area contributed by atoms with Crippen molar-refractivity contribution in [1.82, 2.24) is 4.98 Å². The van der Waals surface area contributed by atoms with Crippen molar-refractivity contribution in [3.63, 3.8) is 0 Å². The lowest BCUT2D eigenvalue weighted by Gasteiger charge is -2.10. The summed E-state index contributed by atoms with van der Waals surface area (Å²) in [6.07, 6.45) is 1.63. The van der Waals surface area contributed by atoms with E-state index in [1.54, 1.807) is 24.4 Å². The lowest BCUT2D eigenvalue weighted by molar-refractivity contribution is 0.465. The zero-order chi connectivity index (χ0) is 12.4. The van der Waals surface area contributed by atoms with E-state index in [0.29, 0.717) is 27.4 Å². The van der Waals surface area contributed by atoms with Gasteiger partial charge in [-0.2, -0.15) is 0 Å². The van der Waals surface area contributed by atoms with Crippen LogP contribution in [0, 0.1) is 6.92 Å². The normalized spacial score (nSPS) is 10.3. The Bertz CT molecular complexity index is 558. The predicted octanol–water partition coefficient (Wildman–Crippen LogP) is 4.07. The van der Waals surface area contributed by atoms with Crippen LogP contribution >= 0.6 is 23.2 Å². The van der Waals surface area contributed by atoms with Gasteiger partial charge in [-0.05, 0) is 36.8 Å². The molecule has 2 N–H and O–H groups in total. The van der Waals surface area contributed by atoms with Crippen LogP contribution in [0.25, 0.3) is 0 Å². The molecule has 1 heterocycles. The highest BCUT2D eigenvalue weighted by Gasteiger charge is 2.08. The van der Waals surface area contributed by atoms with Gasteiger partial charge in [0.25, 0.3) is 0 Å². The topological polar surface area (TPSA) is 48.1 Å². The molecular weight excluding hydrogens is 259 g/mol. The second-order valence-electron chi connectivity index (χ2n) is 3.52. The molecule has 0 unspecified atom stereocenters. The Balaban J connectivity index is 2.35. The average molecular weight is 269 g/mol. The van der Waals surface area contributed by atoms with Gasteiger partial charge in [0.15, 0.2) is 0 Å². The fourth-order valence-electron chi connectivity index (χ4n) is 1.29. The molecule has 0 aliphatic rings. The molecule has 0 bridgehead atoms. The first-order chi connectivity index (χ1) is 8.08. The monoisotopic (exact) mass is 268 g/mol. The zero-order valence-corrected chi connectivity index (χ0v) is 10.6. The van der Waals surface area contributed by atoms with Gasteiger partial charge < -0.3 is 10.5 Å². The summed E-state index contributed by atoms with van der Waals surface area (Å²) in [5, 5.41) is 0.965. The van der Waals surface area contributed by atoms with Gasteiger partial charge in [-0.3, -0.25) is 0 Å². The average Bonchev–Trinajstić information content (AvgIpc) is 2.28. The molecule has 0 aliphatic carbocycles. The number of anilines is 1. The Kier molecular flexibility index (Phi) is 3.41. The van der Waals surface area contributed by atoms with Gasteiger partial charge in [-0.25, -0.2) is 4.98 Å². The first kappa shape index (κ1) is 12.0. The number of nitrogens with zero attached hydrogens (tertiary/aromatic N) is 1. The molecule has 0 aliphatic heterocycles. The second kappa shape index (κ2) is 4.82. The smallest absolute Gasteiger partial charge is 0.242 e. The van der Waals surface area contributed by atoms with Crippen LogP contribution in [0.2, 0.25) is 10.0 Å². The SMILES string of the molecule is Cc1ccnc(Oc2ccc(Cl)cc2Cl)c1N. The number of hydrogen-bond donors (Lipinski definition) is 1. The summed E-state index contributed by atoms with van der Waals surface area (Å²) in [7, 11) is 0. The molecular formula is C12H10Cl2N2O. The Morgan fingerprint density at radius 2 is 2.00 bits per heavy atom. The molecule has 1 aromatic carbocycles. The minimum Gasteiger partial charge on any atom is -0.435 e. The Morgan fingerprint density at radius 1 is 1.24 bits per heavy atom. The fourth-order valence-corrected chi connectivity index (χ4v) is 1.74. The minimum atomic E-state index is 0.342. The molecule has 0 saturated heterocycles. The lowest BCUT2D eigenvalue weighted by atomic mass is 10.2. The van der Waals surface area contributed by atoms with Gasteiger partial charge in [0.2, 0.25) is 5.88 Å². The summed E-state index contributed by atoms with van der Waals surface area (Å²) in [6.45, 7) is 1.88. The molecule has 0 saturated carbocycles. The molecule has 17 heavy (non-hydrogen) atoms. The van der Waals surface area contributed by atoms with Gasteiger partial charge in [0.05, 0.1) is 10.7 Å². The molecule has 1 aromatic heterocycles. The number of nitrogens with two attached hydrogens (primary N) is 1. The van der Waals surface area contributed by atoms with E-state index in [9.17, 15) is 0 Å². The van der Waals surface area contributed by atoms with E-state index >= 15 is 0 Å². The minimum absolute atomic E-state index is 0.342. The van der Waals surface area contributed by atoms with Crippen LogP contribution in [0.4, 0.5) is 5.69 Å². The van der Waals surface area contributed by atoms with Crippen LogP contribution in [0.15, 0.2) is 30.5 Å². The van der Waals surface area contributed by atoms with Crippen molar-refractivity contribution in [2.24, 2.45) is 0 Å². The van der Waals surface area contributed by atoms with E-state index in [-0.39, 0.29) is 0 Å². The Morgan fingerprint density at radius 3 is 2.71 bits per heavy atom. The van der Waals surface area contributed by atoms with E-state index in [2.05, 4.69) is 4.98 Å². The third-order valence-electron chi connectivity index (χ3n) is 2.27. The Hall–Kier alpha value is -1.45. The highest BCUT2D eigenvalue weighted by molar-refractivity contribution is 6.35. The molecule has 0 amide bonds. The van der Waals surface area contributed by atoms with E-state index in [4.69, 9.17) is 33.7 Å². The van der Waals surface area contributed by atoms with Crippen molar-refractivity contribution in [2.45, 2.75) is 6.92 Å². The zero-order valence-electron chi connectivity index (χ0n) is 9.08. The molecule has 5 heteroatoms. The van der Waals surface area contributed by atoms with Gasteiger partial charge in [-0.15, -0.1) is 0 Å². The summed E-state index contributed by atoms with van der Waals surface area (Å²) in [6, 6.07) is 6.78. The summed E-state index contributed by atoms with van der Waals surface area (Å²) < 4.78 is 5.55. The molecule has 0 radical (unpaired) electrons. The molecule has 0 fully saturated rings. The number of rotatable bonds is 2. The number of pyridine rings is 1. The van der Waals surface area contributed by atoms with Crippen molar-refractivity contribution < 1.29 is 4.74 Å². The summed E-state index contributed by atoms with van der Waals surface area (Å²) in [4.78, 5) is 4.06. The summed E-state index contributed by atoms with van der Waals surface area (Å²) >= 11 is 11.8. The van der Waals surface area contributed by atoms with Crippen molar-refractivity contribution >= 4 is 28.9 Å². The van der Waals surface area contributed by atoms with Crippen molar-refractivity contribution in [2.75, 3.05) is 5.73 Å². The largest absolute Gasteiger partial charge is 0.435 e. The first-order valence-electron chi connectivity index (χ1n) is 4.92. The van der Waals surface area contributed by atoms with E-state index in [0.717, 1.165) is 5.56 Å². The van der Waals surface area contributed by atoms with Crippen LogP contribution in [0.1, 0.15) is 5.56 Å². The van der Waals surface area contributed by atoms with Crippen LogP contribution in [-0.4, -0.2) is 4.98 Å². The molecule has 0 atom stereocenters. The van der Waals surface area contributed by atoms with Gasteiger partial charge in [0.1, 0.15) is 5.75 Å². The number of ether oxygens (including phenoxy) is 1. The number of aryl methyl sites for hydroxylation is 1. The molecule has 3 nitrogen and oxygen atoms in total. The summed E-state index contributed by atoms with van der Waals surface area (Å²) in [5.74, 6) is 0.815. The van der Waals surface area contributed by atoms with Gasteiger partial charge in [-0.1, -0.05) is 23.2 Å². The highest BCUT2D eigenvalue weighted by atomic mass is 35.5. The quantitative estimate of drug-likeness (QED) is 0.893.